The van der Waals surface area contributed by atoms with Gasteiger partial charge in [0.25, 0.3) is 0 Å². The van der Waals surface area contributed by atoms with Crippen molar-refractivity contribution in [3.8, 4) is 0 Å². The highest BCUT2D eigenvalue weighted by atomic mass is 79.9. The van der Waals surface area contributed by atoms with Gasteiger partial charge in [0.2, 0.25) is 0 Å². The molecule has 1 atom stereocenters. The first kappa shape index (κ1) is 12.0. The summed E-state index contributed by atoms with van der Waals surface area (Å²) in [5, 5.41) is 0. The lowest BCUT2D eigenvalue weighted by Crippen LogP contribution is -2.12. The van der Waals surface area contributed by atoms with Crippen molar-refractivity contribution >= 4 is 28.3 Å². The minimum Gasteiger partial charge on any atom is -0.324 e. The van der Waals surface area contributed by atoms with E-state index < -0.39 is 0 Å². The van der Waals surface area contributed by atoms with Gasteiger partial charge in [0, 0.05) is 10.5 Å². The average molecular weight is 281 g/mol. The molecule has 4 heteroatoms. The van der Waals surface area contributed by atoms with Crippen molar-refractivity contribution < 1.29 is 4.39 Å². The van der Waals surface area contributed by atoms with Crippen LogP contribution in [0.1, 0.15) is 24.4 Å². The smallest absolute Gasteiger partial charge is 0.124 e. The van der Waals surface area contributed by atoms with Crippen molar-refractivity contribution in [3.63, 3.8) is 0 Å². The monoisotopic (exact) mass is 279 g/mol. The summed E-state index contributed by atoms with van der Waals surface area (Å²) in [6.07, 6.45) is 2.35. The molecule has 0 saturated heterocycles. The Balaban J connectivity index is 0.000000980. The van der Waals surface area contributed by atoms with Crippen molar-refractivity contribution in [2.45, 2.75) is 18.9 Å². The number of halogens is 3. The summed E-state index contributed by atoms with van der Waals surface area (Å²) >= 11 is 3.26. The molecule has 1 saturated carbocycles. The second kappa shape index (κ2) is 4.60. The van der Waals surface area contributed by atoms with Gasteiger partial charge in [0.15, 0.2) is 0 Å². The van der Waals surface area contributed by atoms with E-state index in [4.69, 9.17) is 5.73 Å². The average Bonchev–Trinajstić information content (AvgIpc) is 2.83. The molecule has 0 spiro atoms. The molecule has 0 bridgehead atoms. The van der Waals surface area contributed by atoms with Gasteiger partial charge in [0.05, 0.1) is 0 Å². The fraction of sp³-hybridized carbons (Fsp3) is 0.400. The lowest BCUT2D eigenvalue weighted by atomic mass is 10.0. The summed E-state index contributed by atoms with van der Waals surface area (Å²) in [4.78, 5) is 0. The summed E-state index contributed by atoms with van der Waals surface area (Å²) in [6.45, 7) is 0. The van der Waals surface area contributed by atoms with Gasteiger partial charge in [-0.05, 0) is 42.5 Å². The second-order valence-electron chi connectivity index (χ2n) is 3.57. The zero-order valence-electron chi connectivity index (χ0n) is 7.54. The number of benzene rings is 1. The maximum Gasteiger partial charge on any atom is 0.124 e. The Morgan fingerprint density at radius 3 is 2.50 bits per heavy atom. The Morgan fingerprint density at radius 2 is 2.00 bits per heavy atom. The molecule has 78 valence electrons. The first-order chi connectivity index (χ1) is 6.16. The van der Waals surface area contributed by atoms with Gasteiger partial charge >= 0.3 is 0 Å². The molecule has 1 aromatic carbocycles. The standard InChI is InChI=1S/C10H11BrFN.ClH/c11-8-3-7(4-9(12)5-8)10(13)6-1-2-6;/h3-6,10H,1-2,13H2;1H/t10-;/m1./s1. The lowest BCUT2D eigenvalue weighted by molar-refractivity contribution is 0.600. The predicted molar refractivity (Wildman–Crippen MR) is 61.0 cm³/mol. The SMILES string of the molecule is Cl.N[C@@H](c1cc(F)cc(Br)c1)C1CC1. The van der Waals surface area contributed by atoms with Crippen molar-refractivity contribution in [1.29, 1.82) is 0 Å². The van der Waals surface area contributed by atoms with Gasteiger partial charge in [-0.3, -0.25) is 0 Å². The number of rotatable bonds is 2. The third-order valence-electron chi connectivity index (χ3n) is 2.40. The van der Waals surface area contributed by atoms with Crippen LogP contribution in [-0.4, -0.2) is 0 Å². The third kappa shape index (κ3) is 2.69. The van der Waals surface area contributed by atoms with Crippen LogP contribution in [0.3, 0.4) is 0 Å². The van der Waals surface area contributed by atoms with Crippen LogP contribution in [0.4, 0.5) is 4.39 Å². The Bertz CT molecular complexity index is 308. The Hall–Kier alpha value is -0.120. The first-order valence-electron chi connectivity index (χ1n) is 4.38. The zero-order valence-corrected chi connectivity index (χ0v) is 9.94. The first-order valence-corrected chi connectivity index (χ1v) is 5.17. The van der Waals surface area contributed by atoms with Crippen molar-refractivity contribution in [2.24, 2.45) is 11.7 Å². The lowest BCUT2D eigenvalue weighted by Gasteiger charge is -2.10. The van der Waals surface area contributed by atoms with E-state index in [2.05, 4.69) is 15.9 Å². The van der Waals surface area contributed by atoms with Gasteiger partial charge in [-0.25, -0.2) is 4.39 Å². The number of hydrogen-bond acceptors (Lipinski definition) is 1. The van der Waals surface area contributed by atoms with E-state index in [0.29, 0.717) is 5.92 Å². The molecule has 0 radical (unpaired) electrons. The topological polar surface area (TPSA) is 26.0 Å². The van der Waals surface area contributed by atoms with E-state index in [-0.39, 0.29) is 24.3 Å². The molecular formula is C10H12BrClFN. The van der Waals surface area contributed by atoms with Gasteiger partial charge in [-0.15, -0.1) is 12.4 Å². The van der Waals surface area contributed by atoms with Gasteiger partial charge in [-0.1, -0.05) is 15.9 Å². The molecule has 1 fully saturated rings. The summed E-state index contributed by atoms with van der Waals surface area (Å²) < 4.78 is 13.7. The normalized spacial score (nSPS) is 17.4. The van der Waals surface area contributed by atoms with Crippen molar-refractivity contribution in [1.82, 2.24) is 0 Å². The largest absolute Gasteiger partial charge is 0.324 e. The van der Waals surface area contributed by atoms with Crippen molar-refractivity contribution in [3.05, 3.63) is 34.1 Å². The maximum absolute atomic E-state index is 13.0. The van der Waals surface area contributed by atoms with E-state index >= 15 is 0 Å². The minimum atomic E-state index is -0.222. The summed E-state index contributed by atoms with van der Waals surface area (Å²) in [6, 6.07) is 4.87. The quantitative estimate of drug-likeness (QED) is 0.882. The van der Waals surface area contributed by atoms with Crippen LogP contribution in [0.15, 0.2) is 22.7 Å². The van der Waals surface area contributed by atoms with Crippen LogP contribution in [-0.2, 0) is 0 Å². The van der Waals surface area contributed by atoms with Gasteiger partial charge in [-0.2, -0.15) is 0 Å². The molecule has 0 heterocycles. The van der Waals surface area contributed by atoms with E-state index in [0.717, 1.165) is 10.0 Å². The fourth-order valence-corrected chi connectivity index (χ4v) is 1.98. The molecule has 2 rings (SSSR count). The van der Waals surface area contributed by atoms with Crippen molar-refractivity contribution in [2.75, 3.05) is 0 Å². The highest BCUT2D eigenvalue weighted by Gasteiger charge is 2.29. The van der Waals surface area contributed by atoms with Crippen LogP contribution in [0.25, 0.3) is 0 Å². The van der Waals surface area contributed by atoms with E-state index in [9.17, 15) is 4.39 Å². The van der Waals surface area contributed by atoms with E-state index in [1.165, 1.54) is 25.0 Å². The van der Waals surface area contributed by atoms with Gasteiger partial charge < -0.3 is 5.73 Å². The minimum absolute atomic E-state index is 0. The summed E-state index contributed by atoms with van der Waals surface area (Å²) in [7, 11) is 0. The van der Waals surface area contributed by atoms with Crippen LogP contribution in [0.5, 0.6) is 0 Å². The molecular weight excluding hydrogens is 268 g/mol. The Labute approximate surface area is 97.4 Å². The van der Waals surface area contributed by atoms with E-state index in [1.807, 2.05) is 6.07 Å². The van der Waals surface area contributed by atoms with Crippen LogP contribution in [0, 0.1) is 11.7 Å². The molecule has 0 aromatic heterocycles. The molecule has 0 aliphatic heterocycles. The van der Waals surface area contributed by atoms with Crippen LogP contribution < -0.4 is 5.73 Å². The van der Waals surface area contributed by atoms with Crippen LogP contribution in [0.2, 0.25) is 0 Å². The summed E-state index contributed by atoms with van der Waals surface area (Å²) in [5.41, 5.74) is 6.85. The molecule has 1 aliphatic rings. The highest BCUT2D eigenvalue weighted by molar-refractivity contribution is 9.10. The molecule has 1 aliphatic carbocycles. The number of nitrogens with two attached hydrogens (primary N) is 1. The third-order valence-corrected chi connectivity index (χ3v) is 2.86. The molecule has 14 heavy (non-hydrogen) atoms. The molecule has 2 N–H and O–H groups in total. The zero-order chi connectivity index (χ0) is 9.42. The predicted octanol–water partition coefficient (Wildman–Crippen LogP) is 3.42. The Morgan fingerprint density at radius 1 is 1.36 bits per heavy atom. The molecule has 0 unspecified atom stereocenters. The van der Waals surface area contributed by atoms with E-state index in [1.54, 1.807) is 0 Å². The number of hydrogen-bond donors (Lipinski definition) is 1. The van der Waals surface area contributed by atoms with Crippen LogP contribution >= 0.6 is 28.3 Å². The summed E-state index contributed by atoms with van der Waals surface area (Å²) in [5.74, 6) is 0.342. The molecule has 1 nitrogen and oxygen atoms in total. The maximum atomic E-state index is 13.0. The molecule has 0 amide bonds. The fourth-order valence-electron chi connectivity index (χ4n) is 1.50. The highest BCUT2D eigenvalue weighted by Crippen LogP contribution is 2.39. The Kier molecular flexibility index (Phi) is 3.93. The molecule has 1 aromatic rings. The second-order valence-corrected chi connectivity index (χ2v) is 4.48. The van der Waals surface area contributed by atoms with Gasteiger partial charge in [0.1, 0.15) is 5.82 Å².